The Labute approximate surface area is 93.1 Å². The summed E-state index contributed by atoms with van der Waals surface area (Å²) in [5.41, 5.74) is 1.45. The molecule has 1 fully saturated rings. The molecule has 1 heteroatoms. The fraction of sp³-hybridized carbons (Fsp3) is 0.571. The molecule has 0 unspecified atom stereocenters. The van der Waals surface area contributed by atoms with Crippen LogP contribution in [-0.4, -0.2) is 18.0 Å². The van der Waals surface area contributed by atoms with Crippen molar-refractivity contribution in [2.75, 3.05) is 13.1 Å². The van der Waals surface area contributed by atoms with Crippen LogP contribution < -0.4 is 0 Å². The van der Waals surface area contributed by atoms with Crippen LogP contribution in [0.15, 0.2) is 30.3 Å². The SMILES string of the molecule is CC[C@@H]1CCCN(Cc2ccccc2)C1. The second kappa shape index (κ2) is 5.32. The summed E-state index contributed by atoms with van der Waals surface area (Å²) in [6, 6.07) is 10.8. The van der Waals surface area contributed by atoms with Crippen LogP contribution in [0.5, 0.6) is 0 Å². The summed E-state index contributed by atoms with van der Waals surface area (Å²) in [6.45, 7) is 6.03. The van der Waals surface area contributed by atoms with Crippen LogP contribution in [0.2, 0.25) is 0 Å². The standard InChI is InChI=1S/C14H21N/c1-2-13-9-6-10-15(11-13)12-14-7-4-3-5-8-14/h3-5,7-8,13H,2,6,9-12H2,1H3/t13-/m1/s1. The maximum Gasteiger partial charge on any atom is 0.0233 e. The predicted molar refractivity (Wildman–Crippen MR) is 64.7 cm³/mol. The first-order chi connectivity index (χ1) is 7.38. The lowest BCUT2D eigenvalue weighted by Gasteiger charge is -2.32. The van der Waals surface area contributed by atoms with Gasteiger partial charge in [0.15, 0.2) is 0 Å². The minimum atomic E-state index is 0.933. The Kier molecular flexibility index (Phi) is 3.79. The first-order valence-corrected chi connectivity index (χ1v) is 6.14. The molecule has 1 aliphatic rings. The number of likely N-dealkylation sites (tertiary alicyclic amines) is 1. The highest BCUT2D eigenvalue weighted by Gasteiger charge is 2.17. The van der Waals surface area contributed by atoms with Crippen molar-refractivity contribution in [2.45, 2.75) is 32.7 Å². The van der Waals surface area contributed by atoms with Crippen molar-refractivity contribution in [3.63, 3.8) is 0 Å². The summed E-state index contributed by atoms with van der Waals surface area (Å²) in [7, 11) is 0. The van der Waals surface area contributed by atoms with Crippen LogP contribution in [0.1, 0.15) is 31.7 Å². The van der Waals surface area contributed by atoms with Crippen LogP contribution in [0.25, 0.3) is 0 Å². The van der Waals surface area contributed by atoms with Crippen LogP contribution in [0.4, 0.5) is 0 Å². The number of hydrogen-bond acceptors (Lipinski definition) is 1. The lowest BCUT2D eigenvalue weighted by Crippen LogP contribution is -2.34. The maximum atomic E-state index is 2.60. The zero-order valence-electron chi connectivity index (χ0n) is 9.65. The Morgan fingerprint density at radius 3 is 2.80 bits per heavy atom. The fourth-order valence-corrected chi connectivity index (χ4v) is 2.47. The molecular weight excluding hydrogens is 182 g/mol. The highest BCUT2D eigenvalue weighted by Crippen LogP contribution is 2.20. The molecule has 1 nitrogen and oxygen atoms in total. The molecule has 0 aromatic heterocycles. The molecule has 0 radical (unpaired) electrons. The van der Waals surface area contributed by atoms with Crippen LogP contribution in [-0.2, 0) is 6.54 Å². The van der Waals surface area contributed by atoms with Gasteiger partial charge in [-0.1, -0.05) is 43.7 Å². The number of benzene rings is 1. The minimum absolute atomic E-state index is 0.933. The Hall–Kier alpha value is -0.820. The number of hydrogen-bond donors (Lipinski definition) is 0. The molecule has 1 aliphatic heterocycles. The van der Waals surface area contributed by atoms with Crippen molar-refractivity contribution >= 4 is 0 Å². The van der Waals surface area contributed by atoms with Gasteiger partial charge in [0.1, 0.15) is 0 Å². The van der Waals surface area contributed by atoms with Gasteiger partial charge in [0, 0.05) is 13.1 Å². The van der Waals surface area contributed by atoms with Gasteiger partial charge >= 0.3 is 0 Å². The summed E-state index contributed by atoms with van der Waals surface area (Å²) in [6.07, 6.45) is 4.15. The lowest BCUT2D eigenvalue weighted by atomic mass is 9.95. The number of rotatable bonds is 3. The number of nitrogens with zero attached hydrogens (tertiary/aromatic N) is 1. The predicted octanol–water partition coefficient (Wildman–Crippen LogP) is 3.31. The summed E-state index contributed by atoms with van der Waals surface area (Å²) in [4.78, 5) is 2.60. The zero-order chi connectivity index (χ0) is 10.5. The average molecular weight is 203 g/mol. The molecule has 1 aromatic carbocycles. The van der Waals surface area contributed by atoms with E-state index >= 15 is 0 Å². The fourth-order valence-electron chi connectivity index (χ4n) is 2.47. The van der Waals surface area contributed by atoms with E-state index in [1.807, 2.05) is 0 Å². The van der Waals surface area contributed by atoms with E-state index in [2.05, 4.69) is 42.2 Å². The van der Waals surface area contributed by atoms with E-state index in [9.17, 15) is 0 Å². The van der Waals surface area contributed by atoms with Crippen molar-refractivity contribution in [1.82, 2.24) is 4.90 Å². The second-order valence-corrected chi connectivity index (χ2v) is 4.64. The molecule has 1 atom stereocenters. The van der Waals surface area contributed by atoms with Crippen LogP contribution in [0, 0.1) is 5.92 Å². The lowest BCUT2D eigenvalue weighted by molar-refractivity contribution is 0.165. The molecule has 2 rings (SSSR count). The third-order valence-electron chi connectivity index (χ3n) is 3.43. The van der Waals surface area contributed by atoms with Crippen molar-refractivity contribution in [3.8, 4) is 0 Å². The molecule has 0 aliphatic carbocycles. The van der Waals surface area contributed by atoms with Gasteiger partial charge in [-0.15, -0.1) is 0 Å². The van der Waals surface area contributed by atoms with Crippen LogP contribution >= 0.6 is 0 Å². The smallest absolute Gasteiger partial charge is 0.0233 e. The van der Waals surface area contributed by atoms with Gasteiger partial charge in [-0.25, -0.2) is 0 Å². The van der Waals surface area contributed by atoms with E-state index in [1.54, 1.807) is 0 Å². The van der Waals surface area contributed by atoms with Crippen molar-refractivity contribution in [2.24, 2.45) is 5.92 Å². The Morgan fingerprint density at radius 1 is 1.27 bits per heavy atom. The van der Waals surface area contributed by atoms with E-state index in [-0.39, 0.29) is 0 Å². The molecule has 0 amide bonds. The third-order valence-corrected chi connectivity index (χ3v) is 3.43. The van der Waals surface area contributed by atoms with Gasteiger partial charge in [-0.05, 0) is 30.9 Å². The third kappa shape index (κ3) is 3.07. The highest BCUT2D eigenvalue weighted by molar-refractivity contribution is 5.14. The first-order valence-electron chi connectivity index (χ1n) is 6.14. The summed E-state index contributed by atoms with van der Waals surface area (Å²) < 4.78 is 0. The Balaban J connectivity index is 1.89. The molecule has 1 aromatic rings. The number of piperidine rings is 1. The van der Waals surface area contributed by atoms with E-state index in [1.165, 1.54) is 37.9 Å². The molecule has 1 heterocycles. The van der Waals surface area contributed by atoms with Crippen LogP contribution in [0.3, 0.4) is 0 Å². The van der Waals surface area contributed by atoms with Crippen molar-refractivity contribution < 1.29 is 0 Å². The average Bonchev–Trinajstić information content (AvgIpc) is 2.31. The maximum absolute atomic E-state index is 2.60. The monoisotopic (exact) mass is 203 g/mol. The van der Waals surface area contributed by atoms with Crippen molar-refractivity contribution in [1.29, 1.82) is 0 Å². The van der Waals surface area contributed by atoms with E-state index in [4.69, 9.17) is 0 Å². The molecule has 1 saturated heterocycles. The molecular formula is C14H21N. The zero-order valence-corrected chi connectivity index (χ0v) is 9.65. The molecule has 0 N–H and O–H groups in total. The highest BCUT2D eigenvalue weighted by atomic mass is 15.1. The van der Waals surface area contributed by atoms with Gasteiger partial charge in [-0.3, -0.25) is 4.90 Å². The summed E-state index contributed by atoms with van der Waals surface area (Å²) in [5.74, 6) is 0.933. The first kappa shape index (κ1) is 10.7. The Morgan fingerprint density at radius 2 is 2.07 bits per heavy atom. The molecule has 0 bridgehead atoms. The quantitative estimate of drug-likeness (QED) is 0.728. The Bertz CT molecular complexity index is 281. The normalized spacial score (nSPS) is 22.9. The molecule has 15 heavy (non-hydrogen) atoms. The topological polar surface area (TPSA) is 3.24 Å². The van der Waals surface area contributed by atoms with Gasteiger partial charge in [0.05, 0.1) is 0 Å². The van der Waals surface area contributed by atoms with E-state index in [0.29, 0.717) is 0 Å². The second-order valence-electron chi connectivity index (χ2n) is 4.64. The summed E-state index contributed by atoms with van der Waals surface area (Å²) in [5, 5.41) is 0. The minimum Gasteiger partial charge on any atom is -0.299 e. The van der Waals surface area contributed by atoms with Gasteiger partial charge < -0.3 is 0 Å². The van der Waals surface area contributed by atoms with Gasteiger partial charge in [-0.2, -0.15) is 0 Å². The largest absolute Gasteiger partial charge is 0.299 e. The molecule has 0 spiro atoms. The van der Waals surface area contributed by atoms with Gasteiger partial charge in [0.25, 0.3) is 0 Å². The van der Waals surface area contributed by atoms with Gasteiger partial charge in [0.2, 0.25) is 0 Å². The summed E-state index contributed by atoms with van der Waals surface area (Å²) >= 11 is 0. The molecule has 82 valence electrons. The van der Waals surface area contributed by atoms with Crippen molar-refractivity contribution in [3.05, 3.63) is 35.9 Å². The van der Waals surface area contributed by atoms with E-state index in [0.717, 1.165) is 12.5 Å². The van der Waals surface area contributed by atoms with E-state index < -0.39 is 0 Å². The molecule has 0 saturated carbocycles.